The Labute approximate surface area is 166 Å². The standard InChI is InChI=1S/C20H28ClNO4S/c21-27(25,26)16-12-8-6-4-2-1-3-5-7-11-15-22-19(23)17-13-9-10-14-18(17)20(22)24/h9-10,13-14H,1-8,11-12,15-16H2. The van der Waals surface area contributed by atoms with E-state index in [1.165, 1.54) is 11.3 Å². The molecule has 0 aromatic heterocycles. The van der Waals surface area contributed by atoms with Crippen LogP contribution in [0.3, 0.4) is 0 Å². The van der Waals surface area contributed by atoms with Crippen molar-refractivity contribution in [1.82, 2.24) is 4.90 Å². The predicted molar refractivity (Wildman–Crippen MR) is 108 cm³/mol. The number of fused-ring (bicyclic) bond motifs is 1. The Kier molecular flexibility index (Phi) is 8.77. The number of halogens is 1. The lowest BCUT2D eigenvalue weighted by atomic mass is 10.1. The second kappa shape index (κ2) is 10.8. The van der Waals surface area contributed by atoms with Crippen LogP contribution in [-0.2, 0) is 9.05 Å². The number of amides is 2. The first-order chi connectivity index (χ1) is 12.9. The summed E-state index contributed by atoms with van der Waals surface area (Å²) in [6.07, 6.45) is 10.2. The molecule has 0 saturated carbocycles. The van der Waals surface area contributed by atoms with Gasteiger partial charge in [-0.1, -0.05) is 63.5 Å². The summed E-state index contributed by atoms with van der Waals surface area (Å²) in [6, 6.07) is 7.00. The number of rotatable bonds is 13. The van der Waals surface area contributed by atoms with E-state index in [9.17, 15) is 18.0 Å². The molecule has 0 atom stereocenters. The molecule has 5 nitrogen and oxygen atoms in total. The molecule has 2 amide bonds. The van der Waals surface area contributed by atoms with Crippen molar-refractivity contribution in [3.8, 4) is 0 Å². The largest absolute Gasteiger partial charge is 0.274 e. The Balaban J connectivity index is 1.47. The van der Waals surface area contributed by atoms with Crippen LogP contribution < -0.4 is 0 Å². The highest BCUT2D eigenvalue weighted by molar-refractivity contribution is 8.13. The average Bonchev–Trinajstić information content (AvgIpc) is 2.86. The van der Waals surface area contributed by atoms with Gasteiger partial charge in [-0.2, -0.15) is 0 Å². The van der Waals surface area contributed by atoms with E-state index >= 15 is 0 Å². The van der Waals surface area contributed by atoms with E-state index in [4.69, 9.17) is 10.7 Å². The van der Waals surface area contributed by atoms with Gasteiger partial charge in [-0.3, -0.25) is 14.5 Å². The zero-order chi connectivity index (χ0) is 19.7. The van der Waals surface area contributed by atoms with Gasteiger partial charge >= 0.3 is 0 Å². The van der Waals surface area contributed by atoms with E-state index in [0.29, 0.717) is 24.1 Å². The molecule has 1 aliphatic rings. The third-order valence-corrected chi connectivity index (χ3v) is 6.14. The van der Waals surface area contributed by atoms with Crippen LogP contribution in [0.4, 0.5) is 0 Å². The van der Waals surface area contributed by atoms with Crippen molar-refractivity contribution in [1.29, 1.82) is 0 Å². The highest BCUT2D eigenvalue weighted by Crippen LogP contribution is 2.23. The fourth-order valence-electron chi connectivity index (χ4n) is 3.40. The van der Waals surface area contributed by atoms with Crippen LogP contribution >= 0.6 is 10.7 Å². The highest BCUT2D eigenvalue weighted by Gasteiger charge is 2.34. The Morgan fingerprint density at radius 2 is 1.11 bits per heavy atom. The summed E-state index contributed by atoms with van der Waals surface area (Å²) in [5, 5.41) is 0. The first kappa shape index (κ1) is 21.9. The number of hydrogen-bond acceptors (Lipinski definition) is 4. The summed E-state index contributed by atoms with van der Waals surface area (Å²) in [5.41, 5.74) is 1.04. The van der Waals surface area contributed by atoms with Gasteiger partial charge in [-0.05, 0) is 25.0 Å². The van der Waals surface area contributed by atoms with Crippen molar-refractivity contribution >= 4 is 31.5 Å². The van der Waals surface area contributed by atoms with Crippen LogP contribution in [-0.4, -0.2) is 37.4 Å². The minimum absolute atomic E-state index is 0.0711. The molecule has 1 aromatic carbocycles. The number of imide groups is 1. The molecule has 0 fully saturated rings. The Morgan fingerprint density at radius 1 is 0.704 bits per heavy atom. The van der Waals surface area contributed by atoms with Crippen molar-refractivity contribution in [2.24, 2.45) is 0 Å². The maximum Gasteiger partial charge on any atom is 0.261 e. The van der Waals surface area contributed by atoms with Crippen molar-refractivity contribution in [3.63, 3.8) is 0 Å². The molecule has 0 N–H and O–H groups in total. The van der Waals surface area contributed by atoms with Gasteiger partial charge in [0, 0.05) is 17.2 Å². The summed E-state index contributed by atoms with van der Waals surface area (Å²) in [6.45, 7) is 0.496. The lowest BCUT2D eigenvalue weighted by Gasteiger charge is -2.13. The molecule has 7 heteroatoms. The van der Waals surface area contributed by atoms with Crippen LogP contribution in [0, 0.1) is 0 Å². The molecular weight excluding hydrogens is 386 g/mol. The molecular formula is C20H28ClNO4S. The molecule has 1 heterocycles. The van der Waals surface area contributed by atoms with Crippen LogP contribution in [0.5, 0.6) is 0 Å². The van der Waals surface area contributed by atoms with Crippen LogP contribution in [0.25, 0.3) is 0 Å². The highest BCUT2D eigenvalue weighted by atomic mass is 35.7. The first-order valence-electron chi connectivity index (χ1n) is 9.78. The molecule has 0 unspecified atom stereocenters. The van der Waals surface area contributed by atoms with Crippen LogP contribution in [0.2, 0.25) is 0 Å². The minimum Gasteiger partial charge on any atom is -0.274 e. The summed E-state index contributed by atoms with van der Waals surface area (Å²) in [5.74, 6) is -0.267. The molecule has 27 heavy (non-hydrogen) atoms. The summed E-state index contributed by atoms with van der Waals surface area (Å²) >= 11 is 0. The number of carbonyl (C=O) groups is 2. The minimum atomic E-state index is -3.34. The topological polar surface area (TPSA) is 71.5 Å². The van der Waals surface area contributed by atoms with Crippen LogP contribution in [0.15, 0.2) is 24.3 Å². The third kappa shape index (κ3) is 7.26. The monoisotopic (exact) mass is 413 g/mol. The molecule has 0 bridgehead atoms. The van der Waals surface area contributed by atoms with Gasteiger partial charge in [0.05, 0.1) is 16.9 Å². The van der Waals surface area contributed by atoms with Crippen LogP contribution in [0.1, 0.15) is 84.9 Å². The number of nitrogens with zero attached hydrogens (tertiary/aromatic N) is 1. The normalized spacial score (nSPS) is 14.0. The third-order valence-electron chi connectivity index (χ3n) is 4.90. The molecule has 1 aliphatic heterocycles. The number of hydrogen-bond donors (Lipinski definition) is 0. The Bertz CT molecular complexity index is 713. The smallest absolute Gasteiger partial charge is 0.261 e. The number of benzene rings is 1. The van der Waals surface area contributed by atoms with Gasteiger partial charge in [0.1, 0.15) is 0 Å². The van der Waals surface area contributed by atoms with Gasteiger partial charge in [-0.25, -0.2) is 8.42 Å². The Morgan fingerprint density at radius 3 is 1.56 bits per heavy atom. The predicted octanol–water partition coefficient (Wildman–Crippen LogP) is 4.75. The van der Waals surface area contributed by atoms with Crippen molar-refractivity contribution in [2.45, 2.75) is 64.2 Å². The fourth-order valence-corrected chi connectivity index (χ4v) is 4.28. The maximum atomic E-state index is 12.2. The number of carbonyl (C=O) groups excluding carboxylic acids is 2. The van der Waals surface area contributed by atoms with Crippen molar-refractivity contribution in [2.75, 3.05) is 12.3 Å². The van der Waals surface area contributed by atoms with Gasteiger partial charge in [0.2, 0.25) is 9.05 Å². The molecule has 0 radical (unpaired) electrons. The van der Waals surface area contributed by atoms with E-state index in [1.54, 1.807) is 24.3 Å². The van der Waals surface area contributed by atoms with Crippen molar-refractivity contribution < 1.29 is 18.0 Å². The second-order valence-corrected chi connectivity index (χ2v) is 9.98. The zero-order valence-electron chi connectivity index (χ0n) is 15.7. The lowest BCUT2D eigenvalue weighted by Crippen LogP contribution is -2.30. The van der Waals surface area contributed by atoms with E-state index in [-0.39, 0.29) is 17.6 Å². The van der Waals surface area contributed by atoms with E-state index in [1.807, 2.05) is 0 Å². The maximum absolute atomic E-state index is 12.2. The SMILES string of the molecule is O=C1c2ccccc2C(=O)N1CCCCCCCCCCCCS(=O)(=O)Cl. The van der Waals surface area contributed by atoms with Gasteiger partial charge in [0.25, 0.3) is 11.8 Å². The quantitative estimate of drug-likeness (QED) is 0.265. The first-order valence-corrected chi connectivity index (χ1v) is 12.3. The molecule has 2 rings (SSSR count). The summed E-state index contributed by atoms with van der Waals surface area (Å²) in [7, 11) is 1.83. The fraction of sp³-hybridized carbons (Fsp3) is 0.600. The lowest BCUT2D eigenvalue weighted by molar-refractivity contribution is 0.0651. The zero-order valence-corrected chi connectivity index (χ0v) is 17.2. The van der Waals surface area contributed by atoms with Gasteiger partial charge < -0.3 is 0 Å². The summed E-state index contributed by atoms with van der Waals surface area (Å²) in [4.78, 5) is 25.8. The summed E-state index contributed by atoms with van der Waals surface area (Å²) < 4.78 is 21.6. The molecule has 0 aliphatic carbocycles. The molecule has 1 aromatic rings. The van der Waals surface area contributed by atoms with E-state index in [2.05, 4.69) is 0 Å². The van der Waals surface area contributed by atoms with Gasteiger partial charge in [-0.15, -0.1) is 0 Å². The number of unbranched alkanes of at least 4 members (excludes halogenated alkanes) is 9. The molecule has 0 saturated heterocycles. The van der Waals surface area contributed by atoms with E-state index < -0.39 is 9.05 Å². The molecule has 0 spiro atoms. The average molecular weight is 414 g/mol. The molecule has 150 valence electrons. The Hall–Kier alpha value is -1.40. The van der Waals surface area contributed by atoms with E-state index in [0.717, 1.165) is 51.4 Å². The second-order valence-electron chi connectivity index (χ2n) is 7.09. The van der Waals surface area contributed by atoms with Gasteiger partial charge in [0.15, 0.2) is 0 Å². The van der Waals surface area contributed by atoms with Crippen molar-refractivity contribution in [3.05, 3.63) is 35.4 Å².